The zero-order valence-corrected chi connectivity index (χ0v) is 11.8. The zero-order chi connectivity index (χ0) is 14.0. The summed E-state index contributed by atoms with van der Waals surface area (Å²) in [5, 5.41) is 0. The van der Waals surface area contributed by atoms with Crippen molar-refractivity contribution < 1.29 is 9.13 Å². The number of halogens is 2. The van der Waals surface area contributed by atoms with Gasteiger partial charge in [-0.05, 0) is 34.1 Å². The summed E-state index contributed by atoms with van der Waals surface area (Å²) in [7, 11) is 3.54. The molecule has 6 nitrogen and oxygen atoms in total. The number of aromatic nitrogens is 3. The minimum Gasteiger partial charge on any atom is -0.423 e. The van der Waals surface area contributed by atoms with E-state index in [9.17, 15) is 4.39 Å². The lowest BCUT2D eigenvalue weighted by Crippen LogP contribution is -2.15. The Bertz CT molecular complexity index is 608. The maximum absolute atomic E-state index is 13.0. The average molecular weight is 328 g/mol. The first-order valence-corrected chi connectivity index (χ1v) is 6.07. The quantitative estimate of drug-likeness (QED) is 0.931. The standard InChI is InChI=1S/C11H11BrFN5O/c1-18(2)10-15-9(14)16-11(17-10)19-8-4-3-6(13)5-7(8)12/h3-5H,1-2H3,(H2,14,15,16,17). The molecule has 0 saturated carbocycles. The molecule has 0 bridgehead atoms. The van der Waals surface area contributed by atoms with E-state index in [1.807, 2.05) is 0 Å². The van der Waals surface area contributed by atoms with Gasteiger partial charge in [0.05, 0.1) is 4.47 Å². The van der Waals surface area contributed by atoms with Crippen molar-refractivity contribution in [3.8, 4) is 11.8 Å². The van der Waals surface area contributed by atoms with Crippen molar-refractivity contribution in [1.29, 1.82) is 0 Å². The summed E-state index contributed by atoms with van der Waals surface area (Å²) in [6, 6.07) is 4.07. The second-order valence-corrected chi connectivity index (χ2v) is 4.70. The second-order valence-electron chi connectivity index (χ2n) is 3.85. The van der Waals surface area contributed by atoms with Crippen LogP contribution in [0.2, 0.25) is 0 Å². The van der Waals surface area contributed by atoms with Gasteiger partial charge in [-0.2, -0.15) is 15.0 Å². The molecule has 0 radical (unpaired) electrons. The van der Waals surface area contributed by atoms with Gasteiger partial charge in [0.1, 0.15) is 11.6 Å². The number of anilines is 2. The molecule has 0 unspecified atom stereocenters. The largest absolute Gasteiger partial charge is 0.423 e. The normalized spacial score (nSPS) is 10.3. The molecule has 0 spiro atoms. The lowest BCUT2D eigenvalue weighted by Gasteiger charge is -2.12. The number of benzene rings is 1. The molecule has 2 N–H and O–H groups in total. The van der Waals surface area contributed by atoms with Gasteiger partial charge in [0.2, 0.25) is 11.9 Å². The number of ether oxygens (including phenoxy) is 1. The topological polar surface area (TPSA) is 77.2 Å². The maximum atomic E-state index is 13.0. The fourth-order valence-electron chi connectivity index (χ4n) is 1.26. The number of nitrogen functional groups attached to an aromatic ring is 1. The molecule has 0 amide bonds. The van der Waals surface area contributed by atoms with Crippen molar-refractivity contribution in [3.05, 3.63) is 28.5 Å². The summed E-state index contributed by atoms with van der Waals surface area (Å²) >= 11 is 3.19. The molecule has 0 aliphatic rings. The maximum Gasteiger partial charge on any atom is 0.328 e. The molecule has 1 aromatic carbocycles. The van der Waals surface area contributed by atoms with Gasteiger partial charge in [-0.15, -0.1) is 0 Å². The van der Waals surface area contributed by atoms with Crippen LogP contribution in [-0.4, -0.2) is 29.0 Å². The molecule has 1 aromatic heterocycles. The summed E-state index contributed by atoms with van der Waals surface area (Å²) in [5.41, 5.74) is 5.57. The Morgan fingerprint density at radius 3 is 2.63 bits per heavy atom. The van der Waals surface area contributed by atoms with Crippen LogP contribution in [0.15, 0.2) is 22.7 Å². The van der Waals surface area contributed by atoms with Gasteiger partial charge in [-0.3, -0.25) is 0 Å². The molecule has 0 aliphatic carbocycles. The number of hydrogen-bond acceptors (Lipinski definition) is 6. The van der Waals surface area contributed by atoms with E-state index in [1.165, 1.54) is 18.2 Å². The Kier molecular flexibility index (Phi) is 3.79. The van der Waals surface area contributed by atoms with Gasteiger partial charge < -0.3 is 15.4 Å². The van der Waals surface area contributed by atoms with E-state index in [0.29, 0.717) is 16.2 Å². The van der Waals surface area contributed by atoms with Crippen LogP contribution in [0.4, 0.5) is 16.3 Å². The first-order valence-electron chi connectivity index (χ1n) is 5.27. The van der Waals surface area contributed by atoms with Crippen LogP contribution in [0.5, 0.6) is 11.8 Å². The third kappa shape index (κ3) is 3.28. The highest BCUT2D eigenvalue weighted by molar-refractivity contribution is 9.10. The molecule has 100 valence electrons. The van der Waals surface area contributed by atoms with Gasteiger partial charge in [-0.1, -0.05) is 0 Å². The van der Waals surface area contributed by atoms with E-state index in [0.717, 1.165) is 0 Å². The van der Waals surface area contributed by atoms with Crippen molar-refractivity contribution >= 4 is 27.8 Å². The highest BCUT2D eigenvalue weighted by atomic mass is 79.9. The monoisotopic (exact) mass is 327 g/mol. The number of nitrogens with zero attached hydrogens (tertiary/aromatic N) is 4. The fourth-order valence-corrected chi connectivity index (χ4v) is 1.69. The molecule has 0 atom stereocenters. The molecule has 0 saturated heterocycles. The van der Waals surface area contributed by atoms with E-state index in [1.54, 1.807) is 19.0 Å². The minimum absolute atomic E-state index is 0.0449. The molecule has 0 fully saturated rings. The van der Waals surface area contributed by atoms with Gasteiger partial charge in [0.15, 0.2) is 0 Å². The summed E-state index contributed by atoms with van der Waals surface area (Å²) in [4.78, 5) is 13.6. The summed E-state index contributed by atoms with van der Waals surface area (Å²) in [5.74, 6) is 0.438. The van der Waals surface area contributed by atoms with Crippen molar-refractivity contribution in [1.82, 2.24) is 15.0 Å². The van der Waals surface area contributed by atoms with Gasteiger partial charge in [0, 0.05) is 14.1 Å². The van der Waals surface area contributed by atoms with Crippen LogP contribution in [0.3, 0.4) is 0 Å². The van der Waals surface area contributed by atoms with Crippen LogP contribution < -0.4 is 15.4 Å². The summed E-state index contributed by atoms with van der Waals surface area (Å²) < 4.78 is 18.9. The summed E-state index contributed by atoms with van der Waals surface area (Å²) in [6.07, 6.45) is 0. The summed E-state index contributed by atoms with van der Waals surface area (Å²) in [6.45, 7) is 0. The fraction of sp³-hybridized carbons (Fsp3) is 0.182. The first-order chi connectivity index (χ1) is 8.95. The number of nitrogens with two attached hydrogens (primary N) is 1. The third-order valence-electron chi connectivity index (χ3n) is 2.12. The Morgan fingerprint density at radius 1 is 1.26 bits per heavy atom. The number of rotatable bonds is 3. The molecule has 1 heterocycles. The molecule has 0 aliphatic heterocycles. The van der Waals surface area contributed by atoms with Crippen molar-refractivity contribution in [2.75, 3.05) is 24.7 Å². The van der Waals surface area contributed by atoms with Gasteiger partial charge in [-0.25, -0.2) is 4.39 Å². The Hall–Kier alpha value is -1.96. The predicted molar refractivity (Wildman–Crippen MR) is 72.7 cm³/mol. The predicted octanol–water partition coefficient (Wildman–Crippen LogP) is 2.21. The highest BCUT2D eigenvalue weighted by Crippen LogP contribution is 2.29. The highest BCUT2D eigenvalue weighted by Gasteiger charge is 2.10. The molecular formula is C11H11BrFN5O. The minimum atomic E-state index is -0.372. The Morgan fingerprint density at radius 2 is 2.00 bits per heavy atom. The van der Waals surface area contributed by atoms with E-state index in [-0.39, 0.29) is 17.8 Å². The Labute approximate surface area is 117 Å². The molecule has 19 heavy (non-hydrogen) atoms. The lowest BCUT2D eigenvalue weighted by atomic mass is 10.3. The van der Waals surface area contributed by atoms with Crippen molar-refractivity contribution in [3.63, 3.8) is 0 Å². The van der Waals surface area contributed by atoms with Gasteiger partial charge >= 0.3 is 6.01 Å². The van der Waals surface area contributed by atoms with Crippen LogP contribution >= 0.6 is 15.9 Å². The van der Waals surface area contributed by atoms with Crippen LogP contribution in [0, 0.1) is 5.82 Å². The van der Waals surface area contributed by atoms with E-state index >= 15 is 0 Å². The lowest BCUT2D eigenvalue weighted by molar-refractivity contribution is 0.437. The smallest absolute Gasteiger partial charge is 0.328 e. The molecule has 2 rings (SSSR count). The van der Waals surface area contributed by atoms with E-state index in [2.05, 4.69) is 30.9 Å². The first kappa shape index (κ1) is 13.5. The average Bonchev–Trinajstić information content (AvgIpc) is 2.32. The van der Waals surface area contributed by atoms with E-state index < -0.39 is 0 Å². The number of hydrogen-bond donors (Lipinski definition) is 1. The van der Waals surface area contributed by atoms with Crippen LogP contribution in [0.25, 0.3) is 0 Å². The second kappa shape index (κ2) is 5.35. The molecule has 2 aromatic rings. The van der Waals surface area contributed by atoms with Gasteiger partial charge in [0.25, 0.3) is 0 Å². The van der Waals surface area contributed by atoms with Crippen molar-refractivity contribution in [2.45, 2.75) is 0 Å². The SMILES string of the molecule is CN(C)c1nc(N)nc(Oc2ccc(F)cc2Br)n1. The third-order valence-corrected chi connectivity index (χ3v) is 2.74. The molecule has 8 heteroatoms. The zero-order valence-electron chi connectivity index (χ0n) is 10.3. The Balaban J connectivity index is 2.32. The molecular weight excluding hydrogens is 317 g/mol. The van der Waals surface area contributed by atoms with E-state index in [4.69, 9.17) is 10.5 Å². The van der Waals surface area contributed by atoms with Crippen LogP contribution in [-0.2, 0) is 0 Å². The van der Waals surface area contributed by atoms with Crippen molar-refractivity contribution in [2.24, 2.45) is 0 Å². The van der Waals surface area contributed by atoms with Crippen LogP contribution in [0.1, 0.15) is 0 Å².